The molecule has 0 amide bonds. The number of aliphatic imine (C=N–C) groups is 1. The first-order valence-electron chi connectivity index (χ1n) is 8.21. The van der Waals surface area contributed by atoms with Crippen molar-refractivity contribution in [1.29, 1.82) is 0 Å². The molecule has 0 spiro atoms. The summed E-state index contributed by atoms with van der Waals surface area (Å²) < 4.78 is 14.4. The molecule has 3 nitrogen and oxygen atoms in total. The summed E-state index contributed by atoms with van der Waals surface area (Å²) in [5.74, 6) is -0.201. The Balaban J connectivity index is 2.26. The minimum Gasteiger partial charge on any atom is -0.395 e. The third-order valence-corrected chi connectivity index (χ3v) is 4.65. The first-order valence-corrected chi connectivity index (χ1v) is 8.21. The highest BCUT2D eigenvalue weighted by Crippen LogP contribution is 2.42. The van der Waals surface area contributed by atoms with E-state index < -0.39 is 5.82 Å². The maximum atomic E-state index is 14.4. The van der Waals surface area contributed by atoms with Crippen molar-refractivity contribution < 1.29 is 4.39 Å². The number of nitrogens with two attached hydrogens (primary N) is 1. The Kier molecular flexibility index (Phi) is 4.38. The number of halogens is 1. The van der Waals surface area contributed by atoms with Crippen LogP contribution >= 0.6 is 0 Å². The Morgan fingerprint density at radius 2 is 2.21 bits per heavy atom. The average molecular weight is 323 g/mol. The van der Waals surface area contributed by atoms with Gasteiger partial charge in [0.25, 0.3) is 0 Å². The van der Waals surface area contributed by atoms with Crippen LogP contribution in [0.5, 0.6) is 0 Å². The number of nitrogens with zero attached hydrogens (tertiary/aromatic N) is 1. The molecule has 124 valence electrons. The molecule has 24 heavy (non-hydrogen) atoms. The summed E-state index contributed by atoms with van der Waals surface area (Å²) in [5, 5.41) is 3.03. The van der Waals surface area contributed by atoms with Crippen molar-refractivity contribution in [3.05, 3.63) is 54.0 Å². The van der Waals surface area contributed by atoms with Crippen LogP contribution in [0.2, 0.25) is 0 Å². The topological polar surface area (TPSA) is 50.4 Å². The van der Waals surface area contributed by atoms with Crippen molar-refractivity contribution in [2.24, 2.45) is 4.99 Å². The number of nitrogen functional groups attached to an aromatic ring is 1. The molecule has 3 rings (SSSR count). The molecule has 0 saturated carbocycles. The molecule has 2 aromatic carbocycles. The molecule has 0 aliphatic carbocycles. The Hall–Kier alpha value is -2.62. The van der Waals surface area contributed by atoms with Gasteiger partial charge in [-0.1, -0.05) is 32.6 Å². The van der Waals surface area contributed by atoms with E-state index in [1.54, 1.807) is 0 Å². The number of hydrogen-bond donors (Lipinski definition) is 2. The van der Waals surface area contributed by atoms with Gasteiger partial charge >= 0.3 is 0 Å². The van der Waals surface area contributed by atoms with Gasteiger partial charge in [-0.05, 0) is 52.9 Å². The first kappa shape index (κ1) is 16.2. The lowest BCUT2D eigenvalue weighted by Gasteiger charge is -2.22. The van der Waals surface area contributed by atoms with Crippen LogP contribution in [0.3, 0.4) is 0 Å². The van der Waals surface area contributed by atoms with E-state index in [-0.39, 0.29) is 11.6 Å². The molecular weight excluding hydrogens is 301 g/mol. The number of fused-ring (bicyclic) bond motifs is 1. The second kappa shape index (κ2) is 6.48. The Labute approximate surface area is 142 Å². The van der Waals surface area contributed by atoms with Gasteiger partial charge in [-0.2, -0.15) is 0 Å². The van der Waals surface area contributed by atoms with Crippen LogP contribution in [0, 0.1) is 5.82 Å². The normalized spacial score (nSPS) is 13.6. The predicted molar refractivity (Wildman–Crippen MR) is 101 cm³/mol. The predicted octanol–water partition coefficient (Wildman–Crippen LogP) is 5.40. The summed E-state index contributed by atoms with van der Waals surface area (Å²) in [6.45, 7) is 7.93. The van der Waals surface area contributed by atoms with E-state index in [0.717, 1.165) is 35.2 Å². The molecule has 1 aliphatic rings. The highest BCUT2D eigenvalue weighted by molar-refractivity contribution is 5.86. The summed E-state index contributed by atoms with van der Waals surface area (Å²) in [5.41, 5.74) is 11.7. The lowest BCUT2D eigenvalue weighted by atomic mass is 9.87. The van der Waals surface area contributed by atoms with Crippen LogP contribution in [0.25, 0.3) is 11.1 Å². The zero-order valence-electron chi connectivity index (χ0n) is 14.1. The molecule has 1 atom stereocenters. The second-order valence-electron chi connectivity index (χ2n) is 6.13. The van der Waals surface area contributed by atoms with Gasteiger partial charge in [0.15, 0.2) is 0 Å². The van der Waals surface area contributed by atoms with E-state index in [9.17, 15) is 4.39 Å². The van der Waals surface area contributed by atoms with Crippen LogP contribution in [0.1, 0.15) is 37.3 Å². The van der Waals surface area contributed by atoms with Gasteiger partial charge in [-0.3, -0.25) is 4.99 Å². The van der Waals surface area contributed by atoms with E-state index >= 15 is 0 Å². The van der Waals surface area contributed by atoms with Crippen molar-refractivity contribution in [2.45, 2.75) is 32.6 Å². The molecule has 1 aliphatic heterocycles. The van der Waals surface area contributed by atoms with Crippen molar-refractivity contribution >= 4 is 23.3 Å². The summed E-state index contributed by atoms with van der Waals surface area (Å²) in [6.07, 6.45) is 5.21. The molecule has 2 aromatic rings. The third-order valence-electron chi connectivity index (χ3n) is 4.65. The second-order valence-corrected chi connectivity index (χ2v) is 6.13. The zero-order chi connectivity index (χ0) is 17.3. The minimum atomic E-state index is -0.426. The fourth-order valence-corrected chi connectivity index (χ4v) is 3.16. The summed E-state index contributed by atoms with van der Waals surface area (Å²) in [6, 6.07) is 7.65. The number of anilines is 2. The molecule has 0 fully saturated rings. The van der Waals surface area contributed by atoms with Gasteiger partial charge in [0.05, 0.1) is 17.1 Å². The molecule has 1 unspecified atom stereocenters. The highest BCUT2D eigenvalue weighted by atomic mass is 19.1. The lowest BCUT2D eigenvalue weighted by molar-refractivity contribution is 0.631. The SMILES string of the molecule is C=CNc1c(N)c(F)cc(-c2ccc3c(c2)N=CC3)c1C(C)CC. The Morgan fingerprint density at radius 3 is 2.92 bits per heavy atom. The van der Waals surface area contributed by atoms with Crippen molar-refractivity contribution in [2.75, 3.05) is 11.1 Å². The molecular formula is C20H22FN3. The molecule has 0 aromatic heterocycles. The van der Waals surface area contributed by atoms with E-state index in [1.807, 2.05) is 18.3 Å². The summed E-state index contributed by atoms with van der Waals surface area (Å²) in [4.78, 5) is 4.40. The van der Waals surface area contributed by atoms with Crippen molar-refractivity contribution in [1.82, 2.24) is 0 Å². The Bertz CT molecular complexity index is 824. The van der Waals surface area contributed by atoms with Crippen LogP contribution in [0.15, 0.2) is 42.0 Å². The van der Waals surface area contributed by atoms with Crippen molar-refractivity contribution in [3.8, 4) is 11.1 Å². The average Bonchev–Trinajstić information content (AvgIpc) is 3.05. The van der Waals surface area contributed by atoms with E-state index in [2.05, 4.69) is 36.8 Å². The molecule has 4 heteroatoms. The quantitative estimate of drug-likeness (QED) is 0.724. The van der Waals surface area contributed by atoms with Crippen LogP contribution in [-0.2, 0) is 6.42 Å². The maximum absolute atomic E-state index is 14.4. The highest BCUT2D eigenvalue weighted by Gasteiger charge is 2.21. The van der Waals surface area contributed by atoms with Gasteiger partial charge in [-0.25, -0.2) is 4.39 Å². The van der Waals surface area contributed by atoms with Gasteiger partial charge < -0.3 is 11.1 Å². The number of nitrogens with one attached hydrogen (secondary N) is 1. The van der Waals surface area contributed by atoms with E-state index in [1.165, 1.54) is 17.8 Å². The Morgan fingerprint density at radius 1 is 1.42 bits per heavy atom. The molecule has 3 N–H and O–H groups in total. The van der Waals surface area contributed by atoms with Crippen LogP contribution in [0.4, 0.5) is 21.5 Å². The van der Waals surface area contributed by atoms with Gasteiger partial charge in [-0.15, -0.1) is 0 Å². The first-order chi connectivity index (χ1) is 11.6. The van der Waals surface area contributed by atoms with Crippen LogP contribution in [-0.4, -0.2) is 6.21 Å². The maximum Gasteiger partial charge on any atom is 0.148 e. The van der Waals surface area contributed by atoms with Crippen LogP contribution < -0.4 is 11.1 Å². The number of benzene rings is 2. The lowest BCUT2D eigenvalue weighted by Crippen LogP contribution is -2.07. The van der Waals surface area contributed by atoms with Gasteiger partial charge in [0, 0.05) is 12.6 Å². The fraction of sp³-hybridized carbons (Fsp3) is 0.250. The van der Waals surface area contributed by atoms with E-state index in [0.29, 0.717) is 5.69 Å². The smallest absolute Gasteiger partial charge is 0.148 e. The third kappa shape index (κ3) is 2.68. The zero-order valence-corrected chi connectivity index (χ0v) is 14.1. The van der Waals surface area contributed by atoms with Gasteiger partial charge in [0.1, 0.15) is 5.82 Å². The number of rotatable bonds is 5. The molecule has 1 heterocycles. The number of hydrogen-bond acceptors (Lipinski definition) is 3. The largest absolute Gasteiger partial charge is 0.395 e. The fourth-order valence-electron chi connectivity index (χ4n) is 3.16. The summed E-state index contributed by atoms with van der Waals surface area (Å²) >= 11 is 0. The van der Waals surface area contributed by atoms with Crippen molar-refractivity contribution in [3.63, 3.8) is 0 Å². The van der Waals surface area contributed by atoms with E-state index in [4.69, 9.17) is 5.73 Å². The molecule has 0 bridgehead atoms. The molecule has 0 radical (unpaired) electrons. The standard InChI is InChI=1S/C20H22FN3/c1-4-12(3)18-15(11-16(21)19(22)20(18)23-5-2)14-7-6-13-8-9-24-17(13)10-14/h5-7,9-12,23H,2,4,8,22H2,1,3H3. The monoisotopic (exact) mass is 323 g/mol. The minimum absolute atomic E-state index is 0.133. The summed E-state index contributed by atoms with van der Waals surface area (Å²) in [7, 11) is 0. The van der Waals surface area contributed by atoms with Gasteiger partial charge in [0.2, 0.25) is 0 Å². The molecule has 0 saturated heterocycles.